The molecule has 0 saturated heterocycles. The van der Waals surface area contributed by atoms with Crippen LogP contribution in [0.1, 0.15) is 18.5 Å². The van der Waals surface area contributed by atoms with Crippen LogP contribution < -0.4 is 10.6 Å². The summed E-state index contributed by atoms with van der Waals surface area (Å²) < 4.78 is 18.2. The fraction of sp³-hybridized carbons (Fsp3) is 0.200. The summed E-state index contributed by atoms with van der Waals surface area (Å²) in [4.78, 5) is 12.2. The van der Waals surface area contributed by atoms with E-state index in [1.807, 2.05) is 0 Å². The maximum Gasteiger partial charge on any atom is 0.338 e. The molecule has 0 bridgehead atoms. The van der Waals surface area contributed by atoms with Gasteiger partial charge in [0.15, 0.2) is 5.11 Å². The van der Waals surface area contributed by atoms with E-state index >= 15 is 0 Å². The van der Waals surface area contributed by atoms with Crippen molar-refractivity contribution in [2.24, 2.45) is 0 Å². The highest BCUT2D eigenvalue weighted by Gasteiger charge is 2.30. The topological polar surface area (TPSA) is 50.4 Å². The molecule has 1 atom stereocenters. The van der Waals surface area contributed by atoms with Crippen molar-refractivity contribution in [1.29, 1.82) is 0 Å². The lowest BCUT2D eigenvalue weighted by Gasteiger charge is -2.29. The SMILES string of the molecule is C=CCOC(=O)C1=C(C)NC(=S)N[C@H]1c1ccc(F)cc1. The van der Waals surface area contributed by atoms with E-state index in [4.69, 9.17) is 17.0 Å². The van der Waals surface area contributed by atoms with E-state index in [2.05, 4.69) is 17.2 Å². The number of nitrogens with one attached hydrogen (secondary N) is 2. The molecule has 0 spiro atoms. The lowest BCUT2D eigenvalue weighted by atomic mass is 9.96. The standard InChI is InChI=1S/C15H15FN2O2S/c1-3-8-20-14(19)12-9(2)17-15(21)18-13(12)10-4-6-11(16)7-5-10/h3-7,13H,1,8H2,2H3,(H2,17,18,21)/t13-/m0/s1. The molecule has 0 saturated carbocycles. The van der Waals surface area contributed by atoms with Crippen molar-refractivity contribution in [3.05, 3.63) is 59.6 Å². The molecule has 0 fully saturated rings. The highest BCUT2D eigenvalue weighted by Crippen LogP contribution is 2.27. The first-order chi connectivity index (χ1) is 10.0. The van der Waals surface area contributed by atoms with Crippen LogP contribution >= 0.6 is 12.2 Å². The molecule has 1 aliphatic rings. The third kappa shape index (κ3) is 3.46. The fourth-order valence-electron chi connectivity index (χ4n) is 2.08. The van der Waals surface area contributed by atoms with Gasteiger partial charge in [-0.3, -0.25) is 0 Å². The van der Waals surface area contributed by atoms with E-state index in [1.165, 1.54) is 18.2 Å². The van der Waals surface area contributed by atoms with E-state index in [-0.39, 0.29) is 12.4 Å². The number of hydrogen-bond donors (Lipinski definition) is 2. The number of rotatable bonds is 4. The van der Waals surface area contributed by atoms with E-state index < -0.39 is 12.0 Å². The number of hydrogen-bond acceptors (Lipinski definition) is 3. The average Bonchev–Trinajstić information content (AvgIpc) is 2.44. The first-order valence-corrected chi connectivity index (χ1v) is 6.75. The Kier molecular flexibility index (Phi) is 4.70. The van der Waals surface area contributed by atoms with Crippen molar-refractivity contribution in [2.45, 2.75) is 13.0 Å². The number of carbonyl (C=O) groups excluding carboxylic acids is 1. The minimum Gasteiger partial charge on any atom is -0.458 e. The molecule has 2 N–H and O–H groups in total. The Morgan fingerprint density at radius 3 is 2.76 bits per heavy atom. The molecule has 0 amide bonds. The highest BCUT2D eigenvalue weighted by atomic mass is 32.1. The summed E-state index contributed by atoms with van der Waals surface area (Å²) in [7, 11) is 0. The Balaban J connectivity index is 2.37. The van der Waals surface area contributed by atoms with Crippen LogP contribution in [0.2, 0.25) is 0 Å². The van der Waals surface area contributed by atoms with Gasteiger partial charge in [0.05, 0.1) is 11.6 Å². The van der Waals surface area contributed by atoms with E-state index in [0.717, 1.165) is 5.56 Å². The van der Waals surface area contributed by atoms with Gasteiger partial charge in [-0.15, -0.1) is 0 Å². The van der Waals surface area contributed by atoms with Crippen molar-refractivity contribution < 1.29 is 13.9 Å². The predicted octanol–water partition coefficient (Wildman–Crippen LogP) is 2.35. The van der Waals surface area contributed by atoms with Crippen molar-refractivity contribution in [1.82, 2.24) is 10.6 Å². The molecule has 1 heterocycles. The van der Waals surface area contributed by atoms with Crippen LogP contribution in [-0.4, -0.2) is 17.7 Å². The van der Waals surface area contributed by atoms with Gasteiger partial charge in [-0.2, -0.15) is 0 Å². The van der Waals surface area contributed by atoms with Gasteiger partial charge in [0, 0.05) is 5.70 Å². The second-order valence-corrected chi connectivity index (χ2v) is 4.92. The van der Waals surface area contributed by atoms with Gasteiger partial charge in [0.1, 0.15) is 12.4 Å². The molecule has 0 radical (unpaired) electrons. The third-order valence-corrected chi connectivity index (χ3v) is 3.24. The second kappa shape index (κ2) is 6.49. The Labute approximate surface area is 127 Å². The molecule has 2 rings (SSSR count). The fourth-order valence-corrected chi connectivity index (χ4v) is 2.35. The van der Waals surface area contributed by atoms with Gasteiger partial charge in [-0.05, 0) is 36.8 Å². The molecule has 6 heteroatoms. The normalized spacial score (nSPS) is 17.8. The van der Waals surface area contributed by atoms with E-state index in [0.29, 0.717) is 16.4 Å². The van der Waals surface area contributed by atoms with E-state index in [9.17, 15) is 9.18 Å². The minimum absolute atomic E-state index is 0.121. The molecular weight excluding hydrogens is 291 g/mol. The summed E-state index contributed by atoms with van der Waals surface area (Å²) in [5.41, 5.74) is 1.75. The van der Waals surface area contributed by atoms with Gasteiger partial charge >= 0.3 is 5.97 Å². The molecule has 4 nitrogen and oxygen atoms in total. The molecule has 0 aliphatic carbocycles. The summed E-state index contributed by atoms with van der Waals surface area (Å²) in [5, 5.41) is 6.31. The van der Waals surface area contributed by atoms with E-state index in [1.54, 1.807) is 19.1 Å². The highest BCUT2D eigenvalue weighted by molar-refractivity contribution is 7.80. The van der Waals surface area contributed by atoms with Crippen molar-refractivity contribution >= 4 is 23.3 Å². The second-order valence-electron chi connectivity index (χ2n) is 4.51. The van der Waals surface area contributed by atoms with Crippen molar-refractivity contribution in [3.8, 4) is 0 Å². The first-order valence-electron chi connectivity index (χ1n) is 6.34. The maximum absolute atomic E-state index is 13.1. The van der Waals surface area contributed by atoms with Gasteiger partial charge in [-0.1, -0.05) is 24.8 Å². The molecule has 0 unspecified atom stereocenters. The smallest absolute Gasteiger partial charge is 0.338 e. The monoisotopic (exact) mass is 306 g/mol. The first kappa shape index (κ1) is 15.2. The van der Waals surface area contributed by atoms with Crippen LogP contribution in [0.25, 0.3) is 0 Å². The largest absolute Gasteiger partial charge is 0.458 e. The maximum atomic E-state index is 13.1. The lowest BCUT2D eigenvalue weighted by molar-refractivity contribution is -0.138. The number of esters is 1. The average molecular weight is 306 g/mol. The molecule has 110 valence electrons. The zero-order valence-electron chi connectivity index (χ0n) is 11.5. The number of carbonyl (C=O) groups is 1. The summed E-state index contributed by atoms with van der Waals surface area (Å²) in [6.07, 6.45) is 1.50. The number of thiocarbonyl (C=S) groups is 1. The number of allylic oxidation sites excluding steroid dienone is 1. The number of benzene rings is 1. The zero-order valence-corrected chi connectivity index (χ0v) is 12.3. The summed E-state index contributed by atoms with van der Waals surface area (Å²) in [5.74, 6) is -0.809. The number of ether oxygens (including phenoxy) is 1. The predicted molar refractivity (Wildman–Crippen MR) is 81.9 cm³/mol. The van der Waals surface area contributed by atoms with Gasteiger partial charge in [0.25, 0.3) is 0 Å². The molecular formula is C15H15FN2O2S. The molecule has 21 heavy (non-hydrogen) atoms. The minimum atomic E-state index is -0.475. The summed E-state index contributed by atoms with van der Waals surface area (Å²) >= 11 is 5.11. The Morgan fingerprint density at radius 2 is 2.14 bits per heavy atom. The van der Waals surface area contributed by atoms with Gasteiger partial charge in [0.2, 0.25) is 0 Å². The quantitative estimate of drug-likeness (QED) is 0.508. The molecule has 1 aromatic rings. The van der Waals surface area contributed by atoms with Crippen LogP contribution in [0.5, 0.6) is 0 Å². The summed E-state index contributed by atoms with van der Waals surface area (Å²) in [6, 6.07) is 5.41. The molecule has 0 aromatic heterocycles. The third-order valence-electron chi connectivity index (χ3n) is 3.02. The number of halogens is 1. The Morgan fingerprint density at radius 1 is 1.48 bits per heavy atom. The summed E-state index contributed by atoms with van der Waals surface area (Å²) in [6.45, 7) is 5.37. The van der Waals surface area contributed by atoms with Gasteiger partial charge < -0.3 is 15.4 Å². The molecule has 1 aliphatic heterocycles. The Hall–Kier alpha value is -2.21. The van der Waals surface area contributed by atoms with Crippen LogP contribution in [0.15, 0.2) is 48.2 Å². The molecule has 1 aromatic carbocycles. The van der Waals surface area contributed by atoms with Crippen LogP contribution in [0.4, 0.5) is 4.39 Å². The van der Waals surface area contributed by atoms with Crippen LogP contribution in [-0.2, 0) is 9.53 Å². The van der Waals surface area contributed by atoms with Crippen molar-refractivity contribution in [2.75, 3.05) is 6.61 Å². The van der Waals surface area contributed by atoms with Crippen LogP contribution in [0.3, 0.4) is 0 Å². The lowest BCUT2D eigenvalue weighted by Crippen LogP contribution is -2.45. The Bertz CT molecular complexity index is 611. The van der Waals surface area contributed by atoms with Crippen molar-refractivity contribution in [3.63, 3.8) is 0 Å². The van der Waals surface area contributed by atoms with Gasteiger partial charge in [-0.25, -0.2) is 9.18 Å². The zero-order chi connectivity index (χ0) is 15.4. The van der Waals surface area contributed by atoms with Crippen LogP contribution in [0, 0.1) is 5.82 Å².